The number of piperidine rings is 1. The monoisotopic (exact) mass is 514 g/mol. The Labute approximate surface area is 221 Å². The summed E-state index contributed by atoms with van der Waals surface area (Å²) in [6.07, 6.45) is 4.71. The fourth-order valence-corrected chi connectivity index (χ4v) is 4.70. The molecule has 0 aliphatic carbocycles. The summed E-state index contributed by atoms with van der Waals surface area (Å²) in [5.41, 5.74) is 11.4. The summed E-state index contributed by atoms with van der Waals surface area (Å²) >= 11 is 4.95. The van der Waals surface area contributed by atoms with E-state index in [2.05, 4.69) is 21.5 Å². The van der Waals surface area contributed by atoms with E-state index in [9.17, 15) is 5.26 Å². The second kappa shape index (κ2) is 11.8. The highest BCUT2D eigenvalue weighted by Crippen LogP contribution is 2.29. The van der Waals surface area contributed by atoms with E-state index in [4.69, 9.17) is 33.5 Å². The van der Waals surface area contributed by atoms with Gasteiger partial charge < -0.3 is 21.6 Å². The Morgan fingerprint density at radius 1 is 1.32 bits per heavy atom. The van der Waals surface area contributed by atoms with Gasteiger partial charge in [-0.2, -0.15) is 10.4 Å². The maximum absolute atomic E-state index is 9.70. The number of hydrogen-bond donors (Lipinski definition) is 3. The molecule has 10 heteroatoms. The summed E-state index contributed by atoms with van der Waals surface area (Å²) in [5, 5.41) is 18.6. The van der Waals surface area contributed by atoms with Crippen LogP contribution in [-0.2, 0) is 0 Å². The number of aliphatic imine (C=N–C) groups is 1. The molecule has 0 radical (unpaired) electrons. The zero-order valence-corrected chi connectivity index (χ0v) is 21.7. The molecule has 1 aliphatic heterocycles. The summed E-state index contributed by atoms with van der Waals surface area (Å²) in [4.78, 5) is 9.31. The predicted octanol–water partition coefficient (Wildman–Crippen LogP) is 3.52. The molecule has 3 aromatic rings. The number of rotatable bonds is 8. The van der Waals surface area contributed by atoms with E-state index in [1.54, 1.807) is 10.5 Å². The minimum Gasteiger partial charge on any atom is -0.471 e. The molecule has 9 nitrogen and oxygen atoms in total. The minimum absolute atomic E-state index is 0.219. The number of fused-ring (bicyclic) bond motifs is 1. The molecule has 0 amide bonds. The molecule has 5 N–H and O–H groups in total. The highest BCUT2D eigenvalue weighted by Gasteiger charge is 2.20. The Morgan fingerprint density at radius 3 is 2.78 bits per heavy atom. The first-order valence-electron chi connectivity index (χ1n) is 12.1. The van der Waals surface area contributed by atoms with Gasteiger partial charge in [-0.1, -0.05) is 36.5 Å². The first-order chi connectivity index (χ1) is 18.0. The van der Waals surface area contributed by atoms with Gasteiger partial charge >= 0.3 is 0 Å². The summed E-state index contributed by atoms with van der Waals surface area (Å²) in [5.74, 6) is 6.28. The van der Waals surface area contributed by atoms with Gasteiger partial charge in [0.2, 0.25) is 5.88 Å². The van der Waals surface area contributed by atoms with Gasteiger partial charge in [0, 0.05) is 33.8 Å². The number of pyridine rings is 1. The summed E-state index contributed by atoms with van der Waals surface area (Å²) in [6, 6.07) is 13.8. The predicted molar refractivity (Wildman–Crippen MR) is 151 cm³/mol. The van der Waals surface area contributed by atoms with E-state index in [0.717, 1.165) is 42.8 Å². The van der Waals surface area contributed by atoms with Crippen molar-refractivity contribution in [2.75, 3.05) is 13.1 Å². The first-order valence-corrected chi connectivity index (χ1v) is 12.6. The van der Waals surface area contributed by atoms with Gasteiger partial charge in [0.05, 0.1) is 18.0 Å². The minimum atomic E-state index is -0.413. The van der Waals surface area contributed by atoms with Crippen molar-refractivity contribution in [1.82, 2.24) is 14.7 Å². The maximum atomic E-state index is 9.70. The lowest BCUT2D eigenvalue weighted by molar-refractivity contribution is 0.214. The fraction of sp³-hybridized carbons (Fsp3) is 0.296. The van der Waals surface area contributed by atoms with Crippen molar-refractivity contribution < 1.29 is 4.74 Å². The van der Waals surface area contributed by atoms with Crippen LogP contribution < -0.4 is 21.6 Å². The van der Waals surface area contributed by atoms with Gasteiger partial charge in [-0.3, -0.25) is 9.39 Å². The van der Waals surface area contributed by atoms with Crippen LogP contribution in [-0.4, -0.2) is 45.3 Å². The van der Waals surface area contributed by atoms with Crippen LogP contribution in [0.3, 0.4) is 0 Å². The number of hydrazone groups is 1. The number of nitrogens with one attached hydrogen (secondary N) is 1. The average Bonchev–Trinajstić information content (AvgIpc) is 3.33. The van der Waals surface area contributed by atoms with Crippen LogP contribution in [0.1, 0.15) is 55.2 Å². The molecule has 1 saturated heterocycles. The Balaban J connectivity index is 1.76. The summed E-state index contributed by atoms with van der Waals surface area (Å²) in [6.45, 7) is 5.71. The Hall–Kier alpha value is -4.07. The highest BCUT2D eigenvalue weighted by molar-refractivity contribution is 7.79. The van der Waals surface area contributed by atoms with Crippen molar-refractivity contribution in [3.05, 3.63) is 71.1 Å². The summed E-state index contributed by atoms with van der Waals surface area (Å²) < 4.78 is 8.13. The van der Waals surface area contributed by atoms with Crippen LogP contribution in [0.2, 0.25) is 0 Å². The van der Waals surface area contributed by atoms with Crippen LogP contribution >= 0.6 is 12.2 Å². The van der Waals surface area contributed by atoms with E-state index >= 15 is 0 Å². The van der Waals surface area contributed by atoms with Crippen LogP contribution in [0.25, 0.3) is 11.3 Å². The van der Waals surface area contributed by atoms with Gasteiger partial charge in [0.15, 0.2) is 0 Å². The lowest BCUT2D eigenvalue weighted by Gasteiger charge is -2.21. The van der Waals surface area contributed by atoms with Gasteiger partial charge in [0.1, 0.15) is 29.2 Å². The molecule has 0 bridgehead atoms. The number of aromatic nitrogens is 2. The van der Waals surface area contributed by atoms with Gasteiger partial charge in [-0.05, 0) is 51.9 Å². The third-order valence-corrected chi connectivity index (χ3v) is 6.51. The second-order valence-corrected chi connectivity index (χ2v) is 9.08. The zero-order valence-electron chi connectivity index (χ0n) is 20.9. The number of ether oxygens (including phenoxy) is 1. The molecule has 1 fully saturated rings. The number of nitrogens with zero attached hydrogens (tertiary/aromatic N) is 5. The Morgan fingerprint density at radius 2 is 2.08 bits per heavy atom. The molecular weight excluding hydrogens is 484 g/mol. The quantitative estimate of drug-likeness (QED) is 0.137. The molecule has 1 unspecified atom stereocenters. The Kier molecular flexibility index (Phi) is 8.28. The normalized spacial score (nSPS) is 16.4. The number of nitriles is 1. The average molecular weight is 515 g/mol. The molecule has 37 heavy (non-hydrogen) atoms. The molecule has 3 heterocycles. The molecule has 1 atom stereocenters. The van der Waals surface area contributed by atoms with Crippen LogP contribution in [0.5, 0.6) is 5.88 Å². The van der Waals surface area contributed by atoms with Crippen molar-refractivity contribution in [2.24, 2.45) is 21.7 Å². The van der Waals surface area contributed by atoms with Gasteiger partial charge in [-0.15, -0.1) is 0 Å². The summed E-state index contributed by atoms with van der Waals surface area (Å²) in [7, 11) is 0. The molecule has 190 valence electrons. The Bertz CT molecular complexity index is 1430. The molecule has 0 spiro atoms. The number of allylic oxidation sites excluding steroid dienone is 1. The van der Waals surface area contributed by atoms with Gasteiger partial charge in [0.25, 0.3) is 0 Å². The third kappa shape index (κ3) is 5.69. The smallest absolute Gasteiger partial charge is 0.201 e. The fourth-order valence-electron chi connectivity index (χ4n) is 4.55. The van der Waals surface area contributed by atoms with Crippen molar-refractivity contribution in [2.45, 2.75) is 38.8 Å². The van der Waals surface area contributed by atoms with Crippen molar-refractivity contribution in [3.8, 4) is 11.9 Å². The van der Waals surface area contributed by atoms with Crippen molar-refractivity contribution in [1.29, 1.82) is 5.26 Å². The van der Waals surface area contributed by atoms with Crippen LogP contribution in [0, 0.1) is 11.3 Å². The molecular formula is C27H30N8OS. The van der Waals surface area contributed by atoms with Crippen LogP contribution in [0.4, 0.5) is 0 Å². The number of hydrogen-bond acceptors (Lipinski definition) is 9. The van der Waals surface area contributed by atoms with E-state index in [-0.39, 0.29) is 6.04 Å². The number of imidazole rings is 1. The maximum Gasteiger partial charge on any atom is 0.201 e. The van der Waals surface area contributed by atoms with E-state index in [0.29, 0.717) is 34.2 Å². The molecule has 1 aliphatic rings. The molecule has 2 aromatic heterocycles. The topological polar surface area (TPSA) is 139 Å². The lowest BCUT2D eigenvalue weighted by atomic mass is 10.0. The van der Waals surface area contributed by atoms with Crippen molar-refractivity contribution >= 4 is 40.4 Å². The highest BCUT2D eigenvalue weighted by atomic mass is 32.1. The lowest BCUT2D eigenvalue weighted by Crippen LogP contribution is -2.31. The molecule has 0 saturated carbocycles. The largest absolute Gasteiger partial charge is 0.471 e. The van der Waals surface area contributed by atoms with E-state index in [1.165, 1.54) is 11.6 Å². The van der Waals surface area contributed by atoms with E-state index in [1.807, 2.05) is 50.2 Å². The second-order valence-electron chi connectivity index (χ2n) is 8.81. The van der Waals surface area contributed by atoms with Crippen LogP contribution in [0.15, 0.2) is 58.8 Å². The standard InChI is InChI=1S/C27H30N8OS/c1-17(33-20-7-10-31-11-8-20)27(34-30)19-13-25-32-16-21(15-28)35(25)26(14-19)36-18(2)22-5-3-4-6-23(22)24(29)9-12-37/h3-6,9,12-14,16,18,20,31H,7-8,10-11,29-30H2,1-2H3/b24-9-,33-17?,34-27+. The number of nitrogens with two attached hydrogens (primary N) is 2. The third-order valence-electron chi connectivity index (χ3n) is 6.37. The van der Waals surface area contributed by atoms with Crippen molar-refractivity contribution in [3.63, 3.8) is 0 Å². The van der Waals surface area contributed by atoms with E-state index < -0.39 is 6.10 Å². The van der Waals surface area contributed by atoms with Gasteiger partial charge in [-0.25, -0.2) is 4.98 Å². The molecule has 4 rings (SSSR count). The number of benzene rings is 1. The SMILES string of the molecule is CC(=NC1CCNCC1)/C(=N\N)c1cc(OC(C)c2ccccc2/C(N)=C/C=S)n2c(C#N)cnc2c1. The number of thiocarbonyl (C=S) groups is 1. The molecule has 1 aromatic carbocycles. The first kappa shape index (κ1) is 26.0. The zero-order chi connectivity index (χ0) is 26.4.